The van der Waals surface area contributed by atoms with Crippen molar-refractivity contribution in [3.05, 3.63) is 0 Å². The van der Waals surface area contributed by atoms with Gasteiger partial charge in [0.25, 0.3) is 0 Å². The Kier molecular flexibility index (Phi) is 2.30. The Morgan fingerprint density at radius 2 is 2.45 bits per heavy atom. The van der Waals surface area contributed by atoms with Gasteiger partial charge in [0.1, 0.15) is 0 Å². The lowest BCUT2D eigenvalue weighted by Gasteiger charge is -2.09. The molecule has 0 aromatic heterocycles. The van der Waals surface area contributed by atoms with Crippen molar-refractivity contribution < 1.29 is 0 Å². The summed E-state index contributed by atoms with van der Waals surface area (Å²) in [6.07, 6.45) is 0. The minimum absolute atomic E-state index is 0.471. The van der Waals surface area contributed by atoms with Crippen LogP contribution in [-0.4, -0.2) is 44.0 Å². The number of nitrogens with two attached hydrogens (primary N) is 1. The molecule has 1 aliphatic heterocycles. The summed E-state index contributed by atoms with van der Waals surface area (Å²) in [7, 11) is 3.68. The Hall–Kier alpha value is -1.26. The normalized spacial score (nSPS) is 17.6. The van der Waals surface area contributed by atoms with E-state index in [4.69, 9.17) is 5.73 Å². The van der Waals surface area contributed by atoms with Crippen LogP contribution in [0.2, 0.25) is 0 Å². The first-order valence-corrected chi connectivity index (χ1v) is 3.50. The third-order valence-electron chi connectivity index (χ3n) is 1.34. The highest BCUT2D eigenvalue weighted by atomic mass is 15.3. The molecule has 5 nitrogen and oxygen atoms in total. The Balaban J connectivity index is 2.56. The van der Waals surface area contributed by atoms with Crippen LogP contribution in [0.4, 0.5) is 0 Å². The van der Waals surface area contributed by atoms with E-state index in [2.05, 4.69) is 15.3 Å². The second-order valence-electron chi connectivity index (χ2n) is 2.50. The molecule has 0 radical (unpaired) electrons. The van der Waals surface area contributed by atoms with Gasteiger partial charge < -0.3 is 16.0 Å². The lowest BCUT2D eigenvalue weighted by Crippen LogP contribution is -2.32. The lowest BCUT2D eigenvalue weighted by molar-refractivity contribution is 0.615. The Bertz CT molecular complexity index is 193. The minimum Gasteiger partial charge on any atom is -0.369 e. The first-order valence-electron chi connectivity index (χ1n) is 3.50. The summed E-state index contributed by atoms with van der Waals surface area (Å²) in [5.41, 5.74) is 5.55. The number of nitrogens with one attached hydrogen (secondary N) is 1. The zero-order chi connectivity index (χ0) is 8.27. The molecule has 0 saturated carbocycles. The van der Waals surface area contributed by atoms with E-state index in [1.165, 1.54) is 0 Å². The van der Waals surface area contributed by atoms with Crippen LogP contribution in [0.1, 0.15) is 0 Å². The van der Waals surface area contributed by atoms with Gasteiger partial charge in [0.2, 0.25) is 5.96 Å². The smallest absolute Gasteiger partial charge is 0.221 e. The second-order valence-corrected chi connectivity index (χ2v) is 2.50. The molecule has 0 amide bonds. The molecule has 1 aliphatic rings. The molecule has 0 unspecified atom stereocenters. The molecule has 11 heavy (non-hydrogen) atoms. The number of rotatable bonds is 0. The quantitative estimate of drug-likeness (QED) is 0.342. The van der Waals surface area contributed by atoms with Crippen molar-refractivity contribution in [2.75, 3.05) is 27.2 Å². The van der Waals surface area contributed by atoms with E-state index < -0.39 is 0 Å². The predicted molar refractivity (Wildman–Crippen MR) is 45.6 cm³/mol. The van der Waals surface area contributed by atoms with E-state index in [0.29, 0.717) is 11.9 Å². The predicted octanol–water partition coefficient (Wildman–Crippen LogP) is -1.18. The van der Waals surface area contributed by atoms with Crippen LogP contribution in [0.15, 0.2) is 9.98 Å². The van der Waals surface area contributed by atoms with Crippen LogP contribution in [0, 0.1) is 0 Å². The van der Waals surface area contributed by atoms with Gasteiger partial charge in [0.05, 0.1) is 6.54 Å². The highest BCUT2D eigenvalue weighted by molar-refractivity contribution is 5.94. The second kappa shape index (κ2) is 3.23. The van der Waals surface area contributed by atoms with E-state index in [0.717, 1.165) is 13.1 Å². The topological polar surface area (TPSA) is 66.0 Å². The lowest BCUT2D eigenvalue weighted by atomic mass is 10.7. The molecule has 1 heterocycles. The largest absolute Gasteiger partial charge is 0.369 e. The summed E-state index contributed by atoms with van der Waals surface area (Å²) < 4.78 is 0. The number of hydrogen-bond donors (Lipinski definition) is 2. The minimum atomic E-state index is 0.471. The molecule has 1 rings (SSSR count). The third-order valence-corrected chi connectivity index (χ3v) is 1.34. The summed E-state index contributed by atoms with van der Waals surface area (Å²) in [5.74, 6) is 1.11. The summed E-state index contributed by atoms with van der Waals surface area (Å²) in [4.78, 5) is 9.84. The summed E-state index contributed by atoms with van der Waals surface area (Å²) >= 11 is 0. The van der Waals surface area contributed by atoms with Crippen LogP contribution >= 0.6 is 0 Å². The average Bonchev–Trinajstić information content (AvgIpc) is 2.39. The standard InChI is InChI=1S/C6H13N5/c1-11(2)5(7)10-6-8-3-4-9-6/h3-4H2,1-2H3,(H3,7,8,9,10). The van der Waals surface area contributed by atoms with Gasteiger partial charge >= 0.3 is 0 Å². The Morgan fingerprint density at radius 3 is 2.91 bits per heavy atom. The van der Waals surface area contributed by atoms with Gasteiger partial charge in [0.15, 0.2) is 5.96 Å². The molecule has 0 spiro atoms. The summed E-state index contributed by atoms with van der Waals surface area (Å²) in [6.45, 7) is 1.65. The van der Waals surface area contributed by atoms with Gasteiger partial charge in [-0.25, -0.2) is 4.99 Å². The van der Waals surface area contributed by atoms with Crippen molar-refractivity contribution in [2.24, 2.45) is 15.7 Å². The number of nitrogens with zero attached hydrogens (tertiary/aromatic N) is 3. The molecule has 0 aromatic rings. The monoisotopic (exact) mass is 155 g/mol. The summed E-state index contributed by atoms with van der Waals surface area (Å²) in [6, 6.07) is 0. The molecule has 0 fully saturated rings. The number of aliphatic imine (C=N–C) groups is 2. The maximum atomic E-state index is 5.55. The molecular weight excluding hydrogens is 142 g/mol. The van der Waals surface area contributed by atoms with Crippen LogP contribution < -0.4 is 11.1 Å². The Morgan fingerprint density at radius 1 is 1.73 bits per heavy atom. The first-order chi connectivity index (χ1) is 5.20. The molecule has 0 atom stereocenters. The Labute approximate surface area is 66.0 Å². The molecule has 62 valence electrons. The SMILES string of the molecule is CN(C)/C(N)=N/C1=NCCN1. The molecule has 0 aromatic carbocycles. The average molecular weight is 155 g/mol. The highest BCUT2D eigenvalue weighted by Gasteiger charge is 2.03. The van der Waals surface area contributed by atoms with E-state index in [-0.39, 0.29) is 0 Å². The van der Waals surface area contributed by atoms with Gasteiger partial charge in [-0.15, -0.1) is 0 Å². The van der Waals surface area contributed by atoms with Gasteiger partial charge in [0, 0.05) is 20.6 Å². The summed E-state index contributed by atoms with van der Waals surface area (Å²) in [5, 5.41) is 3.00. The fourth-order valence-electron chi connectivity index (χ4n) is 0.669. The fourth-order valence-corrected chi connectivity index (χ4v) is 0.669. The maximum Gasteiger partial charge on any atom is 0.221 e. The van der Waals surface area contributed by atoms with Crippen molar-refractivity contribution in [3.8, 4) is 0 Å². The zero-order valence-electron chi connectivity index (χ0n) is 6.83. The van der Waals surface area contributed by atoms with Gasteiger partial charge in [-0.2, -0.15) is 4.99 Å². The van der Waals surface area contributed by atoms with Crippen molar-refractivity contribution in [1.29, 1.82) is 0 Å². The van der Waals surface area contributed by atoms with Crippen molar-refractivity contribution in [1.82, 2.24) is 10.2 Å². The fraction of sp³-hybridized carbons (Fsp3) is 0.667. The van der Waals surface area contributed by atoms with Crippen LogP contribution in [-0.2, 0) is 0 Å². The van der Waals surface area contributed by atoms with Gasteiger partial charge in [-0.05, 0) is 0 Å². The zero-order valence-corrected chi connectivity index (χ0v) is 6.83. The van der Waals surface area contributed by atoms with E-state index in [1.807, 2.05) is 14.1 Å². The third kappa shape index (κ3) is 2.10. The van der Waals surface area contributed by atoms with Gasteiger partial charge in [-0.3, -0.25) is 0 Å². The maximum absolute atomic E-state index is 5.55. The van der Waals surface area contributed by atoms with Gasteiger partial charge in [-0.1, -0.05) is 0 Å². The first kappa shape index (κ1) is 7.84. The number of guanidine groups is 2. The van der Waals surface area contributed by atoms with Crippen molar-refractivity contribution >= 4 is 11.9 Å². The van der Waals surface area contributed by atoms with Crippen LogP contribution in [0.3, 0.4) is 0 Å². The van der Waals surface area contributed by atoms with Crippen LogP contribution in [0.5, 0.6) is 0 Å². The molecule has 0 bridgehead atoms. The number of hydrogen-bond acceptors (Lipinski definition) is 3. The van der Waals surface area contributed by atoms with E-state index in [1.54, 1.807) is 4.90 Å². The molecular formula is C6H13N5. The molecule has 0 saturated heterocycles. The molecule has 3 N–H and O–H groups in total. The molecule has 5 heteroatoms. The van der Waals surface area contributed by atoms with Crippen molar-refractivity contribution in [3.63, 3.8) is 0 Å². The van der Waals surface area contributed by atoms with Crippen molar-refractivity contribution in [2.45, 2.75) is 0 Å². The molecule has 0 aliphatic carbocycles. The highest BCUT2D eigenvalue weighted by Crippen LogP contribution is 1.87. The van der Waals surface area contributed by atoms with E-state index in [9.17, 15) is 0 Å². The van der Waals surface area contributed by atoms with E-state index >= 15 is 0 Å². The van der Waals surface area contributed by atoms with Crippen LogP contribution in [0.25, 0.3) is 0 Å².